The van der Waals surface area contributed by atoms with Crippen LogP contribution in [-0.4, -0.2) is 64.2 Å². The van der Waals surface area contributed by atoms with E-state index < -0.39 is 38.1 Å². The van der Waals surface area contributed by atoms with Crippen molar-refractivity contribution in [2.45, 2.75) is 23.4 Å². The van der Waals surface area contributed by atoms with Crippen molar-refractivity contribution in [3.05, 3.63) is 66.7 Å². The summed E-state index contributed by atoms with van der Waals surface area (Å²) >= 11 is 0. The third-order valence-corrected chi connectivity index (χ3v) is 8.15. The number of carboxylic acids is 1. The Bertz CT molecular complexity index is 1190. The molecule has 1 N–H and O–H groups in total. The smallest absolute Gasteiger partial charge is 0.324 e. The molecule has 1 aliphatic heterocycles. The van der Waals surface area contributed by atoms with Crippen molar-refractivity contribution in [3.8, 4) is 5.75 Å². The van der Waals surface area contributed by atoms with Crippen molar-refractivity contribution in [3.63, 3.8) is 0 Å². The second-order valence-electron chi connectivity index (χ2n) is 7.20. The molecule has 3 rings (SSSR count). The van der Waals surface area contributed by atoms with Gasteiger partial charge in [0.1, 0.15) is 11.8 Å². The lowest BCUT2D eigenvalue weighted by molar-refractivity contribution is -0.141. The second-order valence-corrected chi connectivity index (χ2v) is 11.0. The molecule has 2 unspecified atom stereocenters. The fourth-order valence-corrected chi connectivity index (χ4v) is 6.46. The molecular formula is C21H24N2O7S2. The topological polar surface area (TPSA) is 121 Å². The van der Waals surface area contributed by atoms with Gasteiger partial charge >= 0.3 is 5.97 Å². The molecule has 0 radical (unpaired) electrons. The largest absolute Gasteiger partial charge is 0.497 e. The summed E-state index contributed by atoms with van der Waals surface area (Å²) in [6, 6.07) is 10.7. The number of hydrogen-bond acceptors (Lipinski definition) is 6. The first-order chi connectivity index (χ1) is 15.1. The summed E-state index contributed by atoms with van der Waals surface area (Å²) < 4.78 is 59.2. The van der Waals surface area contributed by atoms with Crippen LogP contribution in [0.2, 0.25) is 0 Å². The lowest BCUT2D eigenvalue weighted by atomic mass is 10.0. The second kappa shape index (κ2) is 9.31. The molecule has 0 amide bonds. The Kier molecular flexibility index (Phi) is 6.91. The van der Waals surface area contributed by atoms with E-state index >= 15 is 0 Å². The molecule has 172 valence electrons. The number of hydrogen-bond donors (Lipinski definition) is 1. The highest BCUT2D eigenvalue weighted by Gasteiger charge is 2.45. The summed E-state index contributed by atoms with van der Waals surface area (Å²) in [5.74, 6) is -1.000. The van der Waals surface area contributed by atoms with Gasteiger partial charge in [-0.2, -0.15) is 4.31 Å². The van der Waals surface area contributed by atoms with Gasteiger partial charge in [0.25, 0.3) is 0 Å². The fraction of sp³-hybridized carbons (Fsp3) is 0.286. The van der Waals surface area contributed by atoms with Gasteiger partial charge < -0.3 is 9.84 Å². The number of rotatable bonds is 7. The van der Waals surface area contributed by atoms with Crippen molar-refractivity contribution in [1.29, 1.82) is 0 Å². The quantitative estimate of drug-likeness (QED) is 0.601. The average molecular weight is 481 g/mol. The van der Waals surface area contributed by atoms with Crippen molar-refractivity contribution >= 4 is 31.7 Å². The number of benzene rings is 2. The maximum atomic E-state index is 13.4. The normalized spacial score (nSPS) is 19.8. The van der Waals surface area contributed by atoms with Crippen LogP contribution in [0.5, 0.6) is 5.75 Å². The molecule has 0 spiro atoms. The van der Waals surface area contributed by atoms with Crippen LogP contribution in [0.3, 0.4) is 0 Å². The van der Waals surface area contributed by atoms with Gasteiger partial charge in [-0.05, 0) is 42.8 Å². The van der Waals surface area contributed by atoms with Gasteiger partial charge in [0.15, 0.2) is 0 Å². The molecule has 1 heterocycles. The molecule has 0 saturated heterocycles. The van der Waals surface area contributed by atoms with Gasteiger partial charge in [-0.25, -0.2) is 16.8 Å². The van der Waals surface area contributed by atoms with E-state index in [2.05, 4.69) is 0 Å². The summed E-state index contributed by atoms with van der Waals surface area (Å²) in [6.45, 7) is -0.214. The lowest BCUT2D eigenvalue weighted by Gasteiger charge is -2.37. The fourth-order valence-electron chi connectivity index (χ4n) is 3.69. The maximum absolute atomic E-state index is 13.4. The van der Waals surface area contributed by atoms with Crippen molar-refractivity contribution < 1.29 is 31.5 Å². The Morgan fingerprint density at radius 1 is 1.03 bits per heavy atom. The summed E-state index contributed by atoms with van der Waals surface area (Å²) in [7, 11) is -6.78. The molecule has 9 nitrogen and oxygen atoms in total. The zero-order valence-corrected chi connectivity index (χ0v) is 19.2. The minimum Gasteiger partial charge on any atom is -0.497 e. The predicted octanol–water partition coefficient (Wildman–Crippen LogP) is 1.93. The molecule has 2 aromatic rings. The van der Waals surface area contributed by atoms with Crippen LogP contribution >= 0.6 is 0 Å². The summed E-state index contributed by atoms with van der Waals surface area (Å²) in [5, 5.41) is 10.1. The van der Waals surface area contributed by atoms with E-state index in [0.29, 0.717) is 5.75 Å². The van der Waals surface area contributed by atoms with Gasteiger partial charge in [-0.15, -0.1) is 0 Å². The summed E-state index contributed by atoms with van der Waals surface area (Å²) in [5.41, 5.74) is 0.253. The lowest BCUT2D eigenvalue weighted by Crippen LogP contribution is -2.58. The molecule has 0 aromatic heterocycles. The van der Waals surface area contributed by atoms with Crippen molar-refractivity contribution in [2.24, 2.45) is 0 Å². The van der Waals surface area contributed by atoms with Crippen LogP contribution in [0.1, 0.15) is 6.42 Å². The van der Waals surface area contributed by atoms with E-state index in [1.807, 2.05) is 0 Å². The Morgan fingerprint density at radius 3 is 2.19 bits per heavy atom. The van der Waals surface area contributed by atoms with E-state index in [1.165, 1.54) is 49.6 Å². The number of sulfonamides is 2. The van der Waals surface area contributed by atoms with Gasteiger partial charge in [-0.1, -0.05) is 30.4 Å². The Morgan fingerprint density at radius 2 is 1.66 bits per heavy atom. The number of ether oxygens (including phenoxy) is 1. The highest BCUT2D eigenvalue weighted by Crippen LogP contribution is 2.31. The minimum absolute atomic E-state index is 0.0214. The monoisotopic (exact) mass is 480 g/mol. The highest BCUT2D eigenvalue weighted by molar-refractivity contribution is 7.92. The molecule has 0 fully saturated rings. The van der Waals surface area contributed by atoms with Crippen LogP contribution in [0.15, 0.2) is 71.6 Å². The first-order valence-electron chi connectivity index (χ1n) is 9.65. The number of carbonyl (C=O) groups is 1. The number of nitrogens with zero attached hydrogens (tertiary/aromatic N) is 2. The zero-order chi connectivity index (χ0) is 23.5. The number of aliphatic carboxylic acids is 1. The molecule has 32 heavy (non-hydrogen) atoms. The highest BCUT2D eigenvalue weighted by atomic mass is 32.2. The summed E-state index contributed by atoms with van der Waals surface area (Å²) in [4.78, 5) is 12.3. The summed E-state index contributed by atoms with van der Waals surface area (Å²) in [6.07, 6.45) is 4.12. The van der Waals surface area contributed by atoms with Crippen LogP contribution in [0.4, 0.5) is 5.69 Å². The Labute approximate surface area is 187 Å². The van der Waals surface area contributed by atoms with E-state index in [0.717, 1.165) is 14.9 Å². The standard InChI is InChI=1S/C21H24N2O7S2/c1-30-17-11-13-18(14-12-17)32(28,29)22-15-7-6-10-19(20(22)21(24)25)23(31(2,26)27)16-8-4-3-5-9-16/h3-9,11-14,19-20H,10,15H2,1-2H3,(H,24,25). The number of para-hydroxylation sites is 1. The molecule has 2 aromatic carbocycles. The molecule has 2 atom stereocenters. The van der Waals surface area contributed by atoms with Crippen LogP contribution in [0.25, 0.3) is 0 Å². The van der Waals surface area contributed by atoms with E-state index in [-0.39, 0.29) is 23.5 Å². The predicted molar refractivity (Wildman–Crippen MR) is 120 cm³/mol. The van der Waals surface area contributed by atoms with E-state index in [1.54, 1.807) is 24.3 Å². The molecule has 1 aliphatic rings. The van der Waals surface area contributed by atoms with E-state index in [9.17, 15) is 26.7 Å². The van der Waals surface area contributed by atoms with Crippen LogP contribution in [-0.2, 0) is 24.8 Å². The molecule has 0 saturated carbocycles. The zero-order valence-electron chi connectivity index (χ0n) is 17.5. The third kappa shape index (κ3) is 4.79. The van der Waals surface area contributed by atoms with Gasteiger partial charge in [-0.3, -0.25) is 9.10 Å². The third-order valence-electron chi connectivity index (χ3n) is 5.09. The van der Waals surface area contributed by atoms with Gasteiger partial charge in [0.05, 0.1) is 30.0 Å². The Balaban J connectivity index is 2.14. The molecule has 0 bridgehead atoms. The SMILES string of the molecule is COc1ccc(S(=O)(=O)N2CC=CCC(N(c3ccccc3)S(C)(=O)=O)C2C(=O)O)cc1. The number of anilines is 1. The van der Waals surface area contributed by atoms with Crippen molar-refractivity contribution in [2.75, 3.05) is 24.2 Å². The van der Waals surface area contributed by atoms with Crippen LogP contribution in [0, 0.1) is 0 Å². The number of carboxylic acid groups (broad SMARTS) is 1. The number of methoxy groups -OCH3 is 1. The van der Waals surface area contributed by atoms with Crippen molar-refractivity contribution in [1.82, 2.24) is 4.31 Å². The minimum atomic E-state index is -4.27. The molecule has 11 heteroatoms. The first kappa shape index (κ1) is 23.8. The van der Waals surface area contributed by atoms with Gasteiger partial charge in [0, 0.05) is 6.54 Å². The maximum Gasteiger partial charge on any atom is 0.324 e. The van der Waals surface area contributed by atoms with Crippen LogP contribution < -0.4 is 9.04 Å². The van der Waals surface area contributed by atoms with Gasteiger partial charge in [0.2, 0.25) is 20.0 Å². The first-order valence-corrected chi connectivity index (χ1v) is 12.9. The van der Waals surface area contributed by atoms with E-state index in [4.69, 9.17) is 4.74 Å². The Hall–Kier alpha value is -2.89. The molecule has 0 aliphatic carbocycles. The molecular weight excluding hydrogens is 456 g/mol. The average Bonchev–Trinajstić information content (AvgIpc) is 2.97.